The van der Waals surface area contributed by atoms with E-state index in [9.17, 15) is 14.7 Å². The zero-order valence-corrected chi connectivity index (χ0v) is 15.5. The van der Waals surface area contributed by atoms with Gasteiger partial charge < -0.3 is 15.7 Å². The smallest absolute Gasteiger partial charge is 0.252 e. The molecule has 5 heteroatoms. The molecular weight excluding hydrogens is 340 g/mol. The quantitative estimate of drug-likeness (QED) is 0.700. The van der Waals surface area contributed by atoms with Crippen LogP contribution in [0, 0.1) is 0 Å². The number of carbonyl (C=O) groups excluding carboxylic acids is 2. The Morgan fingerprint density at radius 2 is 1.52 bits per heavy atom. The van der Waals surface area contributed by atoms with Crippen molar-refractivity contribution in [3.05, 3.63) is 59.7 Å². The second kappa shape index (κ2) is 10.5. The van der Waals surface area contributed by atoms with E-state index >= 15 is 0 Å². The maximum absolute atomic E-state index is 12.3. The predicted octanol–water partition coefficient (Wildman–Crippen LogP) is 3.17. The molecule has 0 saturated heterocycles. The van der Waals surface area contributed by atoms with E-state index in [4.69, 9.17) is 0 Å². The Balaban J connectivity index is 0.00000364. The molecular formula is C22H30N2O3. The van der Waals surface area contributed by atoms with E-state index in [-0.39, 0.29) is 7.43 Å². The van der Waals surface area contributed by atoms with Gasteiger partial charge in [-0.1, -0.05) is 57.2 Å². The predicted molar refractivity (Wildman–Crippen MR) is 110 cm³/mol. The van der Waals surface area contributed by atoms with Crippen LogP contribution >= 0.6 is 0 Å². The molecule has 2 aromatic rings. The van der Waals surface area contributed by atoms with Gasteiger partial charge in [0.2, 0.25) is 5.91 Å². The average molecular weight is 370 g/mol. The summed E-state index contributed by atoms with van der Waals surface area (Å²) in [6.07, 6.45) is 1.20. The number of aliphatic hydroxyl groups is 1. The van der Waals surface area contributed by atoms with Crippen molar-refractivity contribution < 1.29 is 14.7 Å². The van der Waals surface area contributed by atoms with E-state index in [1.807, 2.05) is 12.1 Å². The first-order valence-corrected chi connectivity index (χ1v) is 8.86. The molecule has 5 nitrogen and oxygen atoms in total. The highest BCUT2D eigenvalue weighted by Gasteiger charge is 2.25. The molecule has 0 aliphatic rings. The summed E-state index contributed by atoms with van der Waals surface area (Å²) in [7, 11) is 1.46. The minimum absolute atomic E-state index is 0. The number of aryl methyl sites for hydroxylation is 1. The summed E-state index contributed by atoms with van der Waals surface area (Å²) >= 11 is 0. The Kier molecular flexibility index (Phi) is 8.69. The van der Waals surface area contributed by atoms with Gasteiger partial charge in [0.25, 0.3) is 5.91 Å². The number of hydrogen-bond donors (Lipinski definition) is 3. The average Bonchev–Trinajstić information content (AvgIpc) is 2.66. The van der Waals surface area contributed by atoms with Gasteiger partial charge >= 0.3 is 0 Å². The molecule has 0 fully saturated rings. The Morgan fingerprint density at radius 3 is 1.96 bits per heavy atom. The molecule has 2 atom stereocenters. The molecule has 2 amide bonds. The van der Waals surface area contributed by atoms with Crippen LogP contribution in [0.15, 0.2) is 48.5 Å². The summed E-state index contributed by atoms with van der Waals surface area (Å²) in [4.78, 5) is 24.1. The molecule has 2 rings (SSSR count). The molecule has 0 aromatic heterocycles. The standard InChI is InChI=1S/C21H26N2O3.CH4/c1-4-5-15-6-8-16(9-7-15)17-10-12-18(13-11-17)20(25)23-19(14(2)24)21(26)22-3;/h6-14,19,24H,4-5H2,1-3H3,(H,22,26)(H,23,25);1H4/t14-,19+;/m1./s1. The molecule has 3 N–H and O–H groups in total. The number of carbonyl (C=O) groups is 2. The fourth-order valence-electron chi connectivity index (χ4n) is 2.75. The number of nitrogens with one attached hydrogen (secondary N) is 2. The lowest BCUT2D eigenvalue weighted by Gasteiger charge is -2.19. The van der Waals surface area contributed by atoms with Crippen molar-refractivity contribution in [3.63, 3.8) is 0 Å². The normalized spacial score (nSPS) is 12.4. The van der Waals surface area contributed by atoms with Gasteiger partial charge in [-0.3, -0.25) is 9.59 Å². The van der Waals surface area contributed by atoms with Crippen LogP contribution in [-0.4, -0.2) is 36.1 Å². The van der Waals surface area contributed by atoms with Crippen molar-refractivity contribution in [1.82, 2.24) is 10.6 Å². The maximum Gasteiger partial charge on any atom is 0.252 e. The van der Waals surface area contributed by atoms with Crippen LogP contribution in [0.4, 0.5) is 0 Å². The number of likely N-dealkylation sites (N-methyl/N-ethyl adjacent to an activating group) is 1. The van der Waals surface area contributed by atoms with Crippen molar-refractivity contribution >= 4 is 11.8 Å². The summed E-state index contributed by atoms with van der Waals surface area (Å²) < 4.78 is 0. The number of amides is 2. The van der Waals surface area contributed by atoms with Gasteiger partial charge in [0.15, 0.2) is 0 Å². The highest BCUT2D eigenvalue weighted by molar-refractivity contribution is 5.98. The van der Waals surface area contributed by atoms with Crippen LogP contribution in [0.1, 0.15) is 43.6 Å². The zero-order chi connectivity index (χ0) is 19.1. The van der Waals surface area contributed by atoms with Crippen LogP contribution in [-0.2, 0) is 11.2 Å². The number of hydrogen-bond acceptors (Lipinski definition) is 3. The van der Waals surface area contributed by atoms with E-state index in [2.05, 4.69) is 41.8 Å². The van der Waals surface area contributed by atoms with Gasteiger partial charge in [0.05, 0.1) is 6.10 Å². The molecule has 27 heavy (non-hydrogen) atoms. The first kappa shape index (κ1) is 22.4. The van der Waals surface area contributed by atoms with Crippen molar-refractivity contribution in [1.29, 1.82) is 0 Å². The lowest BCUT2D eigenvalue weighted by molar-refractivity contribution is -0.124. The third-order valence-corrected chi connectivity index (χ3v) is 4.27. The third-order valence-electron chi connectivity index (χ3n) is 4.27. The highest BCUT2D eigenvalue weighted by atomic mass is 16.3. The number of rotatable bonds is 7. The Hall–Kier alpha value is -2.66. The van der Waals surface area contributed by atoms with Crippen molar-refractivity contribution in [3.8, 4) is 11.1 Å². The minimum atomic E-state index is -0.988. The summed E-state index contributed by atoms with van der Waals surface area (Å²) in [5.74, 6) is -0.832. The van der Waals surface area contributed by atoms with Crippen LogP contribution in [0.5, 0.6) is 0 Å². The van der Waals surface area contributed by atoms with Crippen LogP contribution in [0.25, 0.3) is 11.1 Å². The van der Waals surface area contributed by atoms with Crippen LogP contribution < -0.4 is 10.6 Å². The SMILES string of the molecule is C.CCCc1ccc(-c2ccc(C(=O)N[C@H](C(=O)NC)[C@@H](C)O)cc2)cc1. The van der Waals surface area contributed by atoms with E-state index in [1.54, 1.807) is 12.1 Å². The first-order chi connectivity index (χ1) is 12.5. The monoisotopic (exact) mass is 370 g/mol. The van der Waals surface area contributed by atoms with Gasteiger partial charge in [0, 0.05) is 12.6 Å². The molecule has 146 valence electrons. The van der Waals surface area contributed by atoms with Crippen LogP contribution in [0.2, 0.25) is 0 Å². The molecule has 0 bridgehead atoms. The molecule has 0 spiro atoms. The Morgan fingerprint density at radius 1 is 1.00 bits per heavy atom. The van der Waals surface area contributed by atoms with Crippen molar-refractivity contribution in [2.45, 2.75) is 46.3 Å². The number of aliphatic hydroxyl groups excluding tert-OH is 1. The van der Waals surface area contributed by atoms with Crippen molar-refractivity contribution in [2.75, 3.05) is 7.05 Å². The second-order valence-corrected chi connectivity index (χ2v) is 6.33. The first-order valence-electron chi connectivity index (χ1n) is 8.86. The summed E-state index contributed by atoms with van der Waals surface area (Å²) in [5, 5.41) is 14.7. The second-order valence-electron chi connectivity index (χ2n) is 6.33. The molecule has 0 aliphatic heterocycles. The molecule has 0 radical (unpaired) electrons. The third kappa shape index (κ3) is 5.93. The van der Waals surface area contributed by atoms with Crippen molar-refractivity contribution in [2.24, 2.45) is 0 Å². The van der Waals surface area contributed by atoms with Gasteiger partial charge in [0.1, 0.15) is 6.04 Å². The van der Waals surface area contributed by atoms with E-state index in [0.717, 1.165) is 24.0 Å². The lowest BCUT2D eigenvalue weighted by atomic mass is 10.0. The minimum Gasteiger partial charge on any atom is -0.391 e. The van der Waals surface area contributed by atoms with Crippen LogP contribution in [0.3, 0.4) is 0 Å². The fraction of sp³-hybridized carbons (Fsp3) is 0.364. The topological polar surface area (TPSA) is 78.4 Å². The Bertz CT molecular complexity index is 737. The van der Waals surface area contributed by atoms with Gasteiger partial charge in [-0.2, -0.15) is 0 Å². The summed E-state index contributed by atoms with van der Waals surface area (Å²) in [6.45, 7) is 3.62. The van der Waals surface area contributed by atoms with Gasteiger partial charge in [-0.15, -0.1) is 0 Å². The lowest BCUT2D eigenvalue weighted by Crippen LogP contribution is -2.51. The highest BCUT2D eigenvalue weighted by Crippen LogP contribution is 2.21. The van der Waals surface area contributed by atoms with E-state index in [1.165, 1.54) is 19.5 Å². The largest absolute Gasteiger partial charge is 0.391 e. The van der Waals surface area contributed by atoms with E-state index < -0.39 is 24.0 Å². The molecule has 0 saturated carbocycles. The van der Waals surface area contributed by atoms with E-state index in [0.29, 0.717) is 5.56 Å². The number of benzene rings is 2. The van der Waals surface area contributed by atoms with Gasteiger partial charge in [-0.05, 0) is 42.2 Å². The fourth-order valence-corrected chi connectivity index (χ4v) is 2.75. The molecule has 0 heterocycles. The summed E-state index contributed by atoms with van der Waals surface area (Å²) in [6, 6.07) is 14.6. The zero-order valence-electron chi connectivity index (χ0n) is 15.5. The molecule has 0 aliphatic carbocycles. The van der Waals surface area contributed by atoms with Gasteiger partial charge in [-0.25, -0.2) is 0 Å². The Labute approximate surface area is 161 Å². The maximum atomic E-state index is 12.3. The molecule has 2 aromatic carbocycles. The summed E-state index contributed by atoms with van der Waals surface area (Å²) in [5.41, 5.74) is 3.85. The molecule has 0 unspecified atom stereocenters.